The van der Waals surface area contributed by atoms with E-state index in [1.165, 1.54) is 0 Å². The second-order valence-corrected chi connectivity index (χ2v) is 6.94. The van der Waals surface area contributed by atoms with E-state index < -0.39 is 6.10 Å². The lowest BCUT2D eigenvalue weighted by Crippen LogP contribution is -2.40. The number of aliphatic hydroxyl groups is 1. The SMILES string of the molecule is O=C(Cc1cncc(Br)c1)N[C@@H]1CC(Cn2ccnc2)C[C@H]1O. The standard InChI is InChI=1S/C16H19BrN4O2/c17-13-3-11(7-19-8-13)6-16(23)20-14-4-12(5-15(14)22)9-21-2-1-18-10-21/h1-3,7-8,10,12,14-15,22H,4-6,9H2,(H,20,23)/t12?,14-,15-/m1/s1. The zero-order valence-corrected chi connectivity index (χ0v) is 14.2. The van der Waals surface area contributed by atoms with E-state index in [9.17, 15) is 9.90 Å². The molecule has 1 unspecified atom stereocenters. The molecule has 0 bridgehead atoms. The zero-order valence-electron chi connectivity index (χ0n) is 12.6. The molecule has 122 valence electrons. The molecule has 0 aromatic carbocycles. The van der Waals surface area contributed by atoms with Gasteiger partial charge in [0.05, 0.1) is 24.9 Å². The first-order chi connectivity index (χ1) is 11.1. The van der Waals surface area contributed by atoms with Gasteiger partial charge in [0.1, 0.15) is 0 Å². The highest BCUT2D eigenvalue weighted by molar-refractivity contribution is 9.10. The Bertz CT molecular complexity index is 662. The molecule has 2 aromatic heterocycles. The number of halogens is 1. The summed E-state index contributed by atoms with van der Waals surface area (Å²) in [7, 11) is 0. The summed E-state index contributed by atoms with van der Waals surface area (Å²) in [6.07, 6.45) is 10.0. The minimum Gasteiger partial charge on any atom is -0.391 e. The van der Waals surface area contributed by atoms with Gasteiger partial charge in [-0.3, -0.25) is 9.78 Å². The van der Waals surface area contributed by atoms with Gasteiger partial charge in [-0.1, -0.05) is 0 Å². The lowest BCUT2D eigenvalue weighted by atomic mass is 10.1. The first-order valence-corrected chi connectivity index (χ1v) is 8.42. The molecule has 0 spiro atoms. The monoisotopic (exact) mass is 378 g/mol. The summed E-state index contributed by atoms with van der Waals surface area (Å²) in [5, 5.41) is 13.1. The largest absolute Gasteiger partial charge is 0.391 e. The highest BCUT2D eigenvalue weighted by Gasteiger charge is 2.33. The maximum absolute atomic E-state index is 12.2. The Labute approximate surface area is 143 Å². The van der Waals surface area contributed by atoms with Crippen molar-refractivity contribution in [1.29, 1.82) is 0 Å². The van der Waals surface area contributed by atoms with Crippen LogP contribution in [0.4, 0.5) is 0 Å². The van der Waals surface area contributed by atoms with Crippen LogP contribution in [0.1, 0.15) is 18.4 Å². The molecule has 3 atom stereocenters. The van der Waals surface area contributed by atoms with Gasteiger partial charge in [0, 0.05) is 35.8 Å². The number of nitrogens with zero attached hydrogens (tertiary/aromatic N) is 3. The molecule has 2 heterocycles. The average Bonchev–Trinajstić information content (AvgIpc) is 3.10. The quantitative estimate of drug-likeness (QED) is 0.826. The summed E-state index contributed by atoms with van der Waals surface area (Å²) < 4.78 is 2.86. The lowest BCUT2D eigenvalue weighted by Gasteiger charge is -2.16. The molecule has 1 saturated carbocycles. The second-order valence-electron chi connectivity index (χ2n) is 6.03. The van der Waals surface area contributed by atoms with Crippen LogP contribution in [0.5, 0.6) is 0 Å². The topological polar surface area (TPSA) is 80.0 Å². The highest BCUT2D eigenvalue weighted by Crippen LogP contribution is 2.27. The molecule has 7 heteroatoms. The number of carbonyl (C=O) groups excluding carboxylic acids is 1. The van der Waals surface area contributed by atoms with Gasteiger partial charge < -0.3 is 15.0 Å². The van der Waals surface area contributed by atoms with E-state index in [0.29, 0.717) is 12.3 Å². The molecular weight excluding hydrogens is 360 g/mol. The number of aliphatic hydroxyl groups excluding tert-OH is 1. The van der Waals surface area contributed by atoms with E-state index in [2.05, 4.69) is 31.2 Å². The molecule has 1 amide bonds. The van der Waals surface area contributed by atoms with Crippen molar-refractivity contribution in [2.45, 2.75) is 38.0 Å². The Balaban J connectivity index is 1.52. The van der Waals surface area contributed by atoms with Crippen LogP contribution in [0.25, 0.3) is 0 Å². The molecule has 6 nitrogen and oxygen atoms in total. The van der Waals surface area contributed by atoms with Gasteiger partial charge >= 0.3 is 0 Å². The van der Waals surface area contributed by atoms with Crippen LogP contribution < -0.4 is 5.32 Å². The van der Waals surface area contributed by atoms with Crippen LogP contribution in [0, 0.1) is 5.92 Å². The van der Waals surface area contributed by atoms with Crippen LogP contribution >= 0.6 is 15.9 Å². The number of imidazole rings is 1. The van der Waals surface area contributed by atoms with Crippen LogP contribution in [-0.2, 0) is 17.8 Å². The Hall–Kier alpha value is -1.73. The number of hydrogen-bond acceptors (Lipinski definition) is 4. The van der Waals surface area contributed by atoms with Crippen molar-refractivity contribution < 1.29 is 9.90 Å². The van der Waals surface area contributed by atoms with Gasteiger partial charge in [0.15, 0.2) is 0 Å². The number of amides is 1. The molecule has 2 N–H and O–H groups in total. The third kappa shape index (κ3) is 4.39. The lowest BCUT2D eigenvalue weighted by molar-refractivity contribution is -0.121. The number of carbonyl (C=O) groups is 1. The number of aromatic nitrogens is 3. The van der Waals surface area contributed by atoms with Crippen molar-refractivity contribution in [3.63, 3.8) is 0 Å². The molecule has 1 aliphatic carbocycles. The molecule has 1 aliphatic rings. The first kappa shape index (κ1) is 16.1. The summed E-state index contributed by atoms with van der Waals surface area (Å²) in [4.78, 5) is 20.2. The molecule has 3 rings (SSSR count). The Morgan fingerprint density at radius 3 is 3.00 bits per heavy atom. The van der Waals surface area contributed by atoms with Crippen molar-refractivity contribution in [2.24, 2.45) is 5.92 Å². The third-order valence-electron chi connectivity index (χ3n) is 4.13. The van der Waals surface area contributed by atoms with E-state index in [4.69, 9.17) is 0 Å². The molecule has 1 fully saturated rings. The van der Waals surface area contributed by atoms with Gasteiger partial charge in [-0.25, -0.2) is 4.98 Å². The van der Waals surface area contributed by atoms with Crippen molar-refractivity contribution in [3.05, 3.63) is 47.2 Å². The minimum atomic E-state index is -0.492. The van der Waals surface area contributed by atoms with Gasteiger partial charge in [0.25, 0.3) is 0 Å². The van der Waals surface area contributed by atoms with E-state index in [0.717, 1.165) is 23.0 Å². The summed E-state index contributed by atoms with van der Waals surface area (Å²) in [6.45, 7) is 0.818. The van der Waals surface area contributed by atoms with Gasteiger partial charge in [-0.2, -0.15) is 0 Å². The summed E-state index contributed by atoms with van der Waals surface area (Å²) >= 11 is 3.34. The van der Waals surface area contributed by atoms with Crippen molar-refractivity contribution in [2.75, 3.05) is 0 Å². The van der Waals surface area contributed by atoms with Gasteiger partial charge in [-0.05, 0) is 46.3 Å². The second kappa shape index (κ2) is 7.23. The molecule has 23 heavy (non-hydrogen) atoms. The molecule has 0 aliphatic heterocycles. The Kier molecular flexibility index (Phi) is 5.07. The van der Waals surface area contributed by atoms with Gasteiger partial charge in [-0.15, -0.1) is 0 Å². The van der Waals surface area contributed by atoms with E-state index in [-0.39, 0.29) is 18.4 Å². The van der Waals surface area contributed by atoms with Crippen LogP contribution in [0.15, 0.2) is 41.7 Å². The van der Waals surface area contributed by atoms with Crippen molar-refractivity contribution >= 4 is 21.8 Å². The van der Waals surface area contributed by atoms with Crippen LogP contribution in [0.2, 0.25) is 0 Å². The Morgan fingerprint density at radius 2 is 2.26 bits per heavy atom. The Morgan fingerprint density at radius 1 is 1.39 bits per heavy atom. The number of nitrogens with one attached hydrogen (secondary N) is 1. The molecular formula is C16H19BrN4O2. The third-order valence-corrected chi connectivity index (χ3v) is 4.56. The normalized spacial score (nSPS) is 23.8. The summed E-state index contributed by atoms with van der Waals surface area (Å²) in [5.41, 5.74) is 0.847. The average molecular weight is 379 g/mol. The fraction of sp³-hybridized carbons (Fsp3) is 0.438. The first-order valence-electron chi connectivity index (χ1n) is 7.63. The summed E-state index contributed by atoms with van der Waals surface area (Å²) in [6, 6.07) is 1.69. The smallest absolute Gasteiger partial charge is 0.224 e. The van der Waals surface area contributed by atoms with E-state index in [1.807, 2.05) is 16.8 Å². The van der Waals surface area contributed by atoms with E-state index in [1.54, 1.807) is 24.9 Å². The fourth-order valence-electron chi connectivity index (χ4n) is 3.11. The van der Waals surface area contributed by atoms with Crippen LogP contribution in [0.3, 0.4) is 0 Å². The number of pyridine rings is 1. The predicted octanol–water partition coefficient (Wildman–Crippen LogP) is 1.54. The summed E-state index contributed by atoms with van der Waals surface area (Å²) in [5.74, 6) is 0.259. The number of rotatable bonds is 5. The zero-order chi connectivity index (χ0) is 16.2. The fourth-order valence-corrected chi connectivity index (χ4v) is 3.52. The number of hydrogen-bond donors (Lipinski definition) is 2. The van der Waals surface area contributed by atoms with E-state index >= 15 is 0 Å². The predicted molar refractivity (Wildman–Crippen MR) is 88.5 cm³/mol. The molecule has 0 radical (unpaired) electrons. The molecule has 2 aromatic rings. The maximum atomic E-state index is 12.2. The van der Waals surface area contributed by atoms with Crippen molar-refractivity contribution in [3.8, 4) is 0 Å². The van der Waals surface area contributed by atoms with Crippen LogP contribution in [-0.4, -0.2) is 37.7 Å². The van der Waals surface area contributed by atoms with Crippen molar-refractivity contribution in [1.82, 2.24) is 19.9 Å². The van der Waals surface area contributed by atoms with Gasteiger partial charge in [0.2, 0.25) is 5.91 Å². The minimum absolute atomic E-state index is 0.0859. The highest BCUT2D eigenvalue weighted by atomic mass is 79.9. The maximum Gasteiger partial charge on any atom is 0.224 e. The molecule has 0 saturated heterocycles.